The number of carbonyl (C=O) groups excluding carboxylic acids is 4. The van der Waals surface area contributed by atoms with Gasteiger partial charge in [0.15, 0.2) is 9.84 Å². The molecule has 4 aliphatic heterocycles. The van der Waals surface area contributed by atoms with Crippen molar-refractivity contribution in [2.75, 3.05) is 26.2 Å². The third-order valence-corrected chi connectivity index (χ3v) is 9.00. The van der Waals surface area contributed by atoms with Crippen LogP contribution in [0.15, 0.2) is 18.2 Å². The van der Waals surface area contributed by atoms with Gasteiger partial charge in [-0.3, -0.25) is 34.3 Å². The van der Waals surface area contributed by atoms with Gasteiger partial charge in [-0.25, -0.2) is 8.42 Å². The molecule has 1 atom stereocenters. The van der Waals surface area contributed by atoms with Gasteiger partial charge >= 0.3 is 0 Å². The van der Waals surface area contributed by atoms with E-state index in [-0.39, 0.29) is 34.5 Å². The van der Waals surface area contributed by atoms with Crippen LogP contribution in [0.25, 0.3) is 0 Å². The summed E-state index contributed by atoms with van der Waals surface area (Å²) in [6.45, 7) is 2.41. The van der Waals surface area contributed by atoms with E-state index in [1.165, 1.54) is 0 Å². The highest BCUT2D eigenvalue weighted by Gasteiger charge is 2.46. The number of sulfone groups is 1. The predicted octanol–water partition coefficient (Wildman–Crippen LogP) is -1.34. The molecule has 0 bridgehead atoms. The third-order valence-electron chi connectivity index (χ3n) is 6.51. The van der Waals surface area contributed by atoms with E-state index in [0.717, 1.165) is 10.5 Å². The molecule has 164 valence electrons. The van der Waals surface area contributed by atoms with Gasteiger partial charge < -0.3 is 5.32 Å². The summed E-state index contributed by atoms with van der Waals surface area (Å²) in [6.07, 6.45) is 0.189. The van der Waals surface area contributed by atoms with Crippen molar-refractivity contribution in [3.8, 4) is 0 Å². The number of hydrogen-bond donors (Lipinski definition) is 2. The molecule has 0 radical (unpaired) electrons. The van der Waals surface area contributed by atoms with Crippen molar-refractivity contribution in [1.82, 2.24) is 20.4 Å². The first-order valence-corrected chi connectivity index (χ1v) is 11.9. The first-order chi connectivity index (χ1) is 14.8. The van der Waals surface area contributed by atoms with Crippen LogP contribution in [0.5, 0.6) is 0 Å². The minimum atomic E-state index is -3.12. The van der Waals surface area contributed by atoms with Crippen LogP contribution in [0.2, 0.25) is 0 Å². The van der Waals surface area contributed by atoms with Crippen LogP contribution >= 0.6 is 0 Å². The van der Waals surface area contributed by atoms with E-state index < -0.39 is 39.5 Å². The molecule has 1 aromatic rings. The largest absolute Gasteiger partial charge is 0.314 e. The van der Waals surface area contributed by atoms with Crippen LogP contribution < -0.4 is 10.6 Å². The number of imide groups is 2. The van der Waals surface area contributed by atoms with Gasteiger partial charge in [-0.05, 0) is 24.1 Å². The van der Waals surface area contributed by atoms with Crippen LogP contribution in [0.3, 0.4) is 0 Å². The molecular weight excluding hydrogens is 424 g/mol. The van der Waals surface area contributed by atoms with Crippen LogP contribution in [-0.2, 0) is 26.0 Å². The van der Waals surface area contributed by atoms with Gasteiger partial charge in [0.1, 0.15) is 6.04 Å². The first-order valence-electron chi connectivity index (χ1n) is 10.3. The van der Waals surface area contributed by atoms with Crippen LogP contribution in [0, 0.1) is 0 Å². The molecular formula is C20H22N4O6S. The summed E-state index contributed by atoms with van der Waals surface area (Å²) in [5.41, 5.74) is 1.27. The number of nitrogens with zero attached hydrogens (tertiary/aromatic N) is 2. The Morgan fingerprint density at radius 1 is 0.968 bits per heavy atom. The van der Waals surface area contributed by atoms with Gasteiger partial charge in [0.25, 0.3) is 11.8 Å². The molecule has 0 aliphatic carbocycles. The zero-order valence-electron chi connectivity index (χ0n) is 16.7. The Morgan fingerprint density at radius 2 is 1.68 bits per heavy atom. The average molecular weight is 446 g/mol. The van der Waals surface area contributed by atoms with Crippen LogP contribution in [0.1, 0.15) is 39.1 Å². The highest BCUT2D eigenvalue weighted by atomic mass is 32.2. The zero-order valence-corrected chi connectivity index (χ0v) is 17.5. The lowest BCUT2D eigenvalue weighted by molar-refractivity contribution is -0.136. The van der Waals surface area contributed by atoms with Crippen molar-refractivity contribution in [2.24, 2.45) is 0 Å². The standard InChI is InChI=1S/C20H22N4O6S/c25-17-4-3-16(18(26)22-17)24-19(27)14-2-1-11(5-15(14)20(24)28)8-23-9-13(10-23)31(29,30)12-6-21-7-12/h1-2,5,12-13,16,21H,3-4,6-10H2,(H,22,25,26). The maximum atomic E-state index is 12.9. The Morgan fingerprint density at radius 3 is 2.32 bits per heavy atom. The fraction of sp³-hybridized carbons (Fsp3) is 0.500. The molecule has 0 aromatic heterocycles. The summed E-state index contributed by atoms with van der Waals surface area (Å²) in [6, 6.07) is 3.97. The van der Waals surface area contributed by atoms with Crippen molar-refractivity contribution in [3.05, 3.63) is 34.9 Å². The van der Waals surface area contributed by atoms with Crippen LogP contribution in [0.4, 0.5) is 0 Å². The molecule has 3 saturated heterocycles. The number of amides is 4. The van der Waals surface area contributed by atoms with Crippen LogP contribution in [-0.4, -0.2) is 84.6 Å². The van der Waals surface area contributed by atoms with Gasteiger partial charge in [-0.1, -0.05) is 6.07 Å². The maximum absolute atomic E-state index is 12.9. The molecule has 0 saturated carbocycles. The number of piperidine rings is 1. The fourth-order valence-corrected chi connectivity index (χ4v) is 6.58. The molecule has 10 nitrogen and oxygen atoms in total. The summed E-state index contributed by atoms with van der Waals surface area (Å²) in [5, 5.41) is 4.51. The highest BCUT2D eigenvalue weighted by Crippen LogP contribution is 2.30. The second-order valence-corrected chi connectivity index (χ2v) is 11.0. The van der Waals surface area contributed by atoms with Crippen molar-refractivity contribution >= 4 is 33.5 Å². The summed E-state index contributed by atoms with van der Waals surface area (Å²) in [4.78, 5) is 52.1. The van der Waals surface area contributed by atoms with Gasteiger partial charge in [0.05, 0.1) is 21.6 Å². The Hall–Kier alpha value is -2.63. The Bertz CT molecular complexity index is 1110. The lowest BCUT2D eigenvalue weighted by Crippen LogP contribution is -2.62. The van der Waals surface area contributed by atoms with E-state index >= 15 is 0 Å². The van der Waals surface area contributed by atoms with E-state index in [4.69, 9.17) is 0 Å². The Labute approximate surface area is 178 Å². The molecule has 3 fully saturated rings. The first kappa shape index (κ1) is 20.3. The number of carbonyl (C=O) groups is 4. The number of likely N-dealkylation sites (tertiary alicyclic amines) is 1. The number of rotatable bonds is 5. The molecule has 11 heteroatoms. The second kappa shape index (κ2) is 7.21. The van der Waals surface area contributed by atoms with Gasteiger partial charge in [0, 0.05) is 39.1 Å². The molecule has 31 heavy (non-hydrogen) atoms. The summed E-state index contributed by atoms with van der Waals surface area (Å²) in [5.74, 6) is -2.13. The van der Waals surface area contributed by atoms with E-state index in [2.05, 4.69) is 10.6 Å². The van der Waals surface area contributed by atoms with E-state index in [0.29, 0.717) is 32.7 Å². The monoisotopic (exact) mass is 446 g/mol. The minimum Gasteiger partial charge on any atom is -0.314 e. The number of hydrogen-bond acceptors (Lipinski definition) is 8. The van der Waals surface area contributed by atoms with Gasteiger partial charge in [-0.15, -0.1) is 0 Å². The van der Waals surface area contributed by atoms with Crippen molar-refractivity contribution in [3.63, 3.8) is 0 Å². The average Bonchev–Trinajstić information content (AvgIpc) is 2.87. The second-order valence-electron chi connectivity index (χ2n) is 8.51. The Balaban J connectivity index is 1.27. The van der Waals surface area contributed by atoms with E-state index in [1.54, 1.807) is 18.2 Å². The van der Waals surface area contributed by atoms with E-state index in [9.17, 15) is 27.6 Å². The molecule has 2 N–H and O–H groups in total. The SMILES string of the molecule is O=C1CCC(N2C(=O)c3ccc(CN4CC(S(=O)(=O)C5CNC5)C4)cc3C2=O)C(=O)N1. The number of benzene rings is 1. The predicted molar refractivity (Wildman–Crippen MR) is 108 cm³/mol. The normalized spacial score (nSPS) is 25.3. The van der Waals surface area contributed by atoms with Gasteiger partial charge in [0.2, 0.25) is 11.8 Å². The lowest BCUT2D eigenvalue weighted by atomic mass is 10.0. The smallest absolute Gasteiger partial charge is 0.262 e. The summed E-state index contributed by atoms with van der Waals surface area (Å²) < 4.78 is 24.9. The van der Waals surface area contributed by atoms with Crippen molar-refractivity contribution in [1.29, 1.82) is 0 Å². The molecule has 4 amide bonds. The maximum Gasteiger partial charge on any atom is 0.262 e. The highest BCUT2D eigenvalue weighted by molar-refractivity contribution is 7.92. The fourth-order valence-electron chi connectivity index (χ4n) is 4.50. The van der Waals surface area contributed by atoms with Crippen molar-refractivity contribution in [2.45, 2.75) is 35.9 Å². The van der Waals surface area contributed by atoms with E-state index in [1.807, 2.05) is 4.90 Å². The molecule has 1 aromatic carbocycles. The Kier molecular flexibility index (Phi) is 4.72. The van der Waals surface area contributed by atoms with Crippen molar-refractivity contribution < 1.29 is 27.6 Å². The zero-order chi connectivity index (χ0) is 21.9. The lowest BCUT2D eigenvalue weighted by Gasteiger charge is -2.42. The number of fused-ring (bicyclic) bond motifs is 1. The minimum absolute atomic E-state index is 0.0744. The molecule has 1 unspecified atom stereocenters. The third kappa shape index (κ3) is 3.27. The molecule has 4 aliphatic rings. The number of nitrogens with one attached hydrogen (secondary N) is 2. The summed E-state index contributed by atoms with van der Waals surface area (Å²) in [7, 11) is -3.12. The summed E-state index contributed by atoms with van der Waals surface area (Å²) >= 11 is 0. The topological polar surface area (TPSA) is 133 Å². The molecule has 4 heterocycles. The molecule has 5 rings (SSSR count). The van der Waals surface area contributed by atoms with Gasteiger partial charge in [-0.2, -0.15) is 0 Å². The quantitative estimate of drug-likeness (QED) is 0.531. The molecule has 0 spiro atoms.